The van der Waals surface area contributed by atoms with E-state index in [-0.39, 0.29) is 11.8 Å². The fraction of sp³-hybridized carbons (Fsp3) is 0.385. The van der Waals surface area contributed by atoms with Gasteiger partial charge in [-0.15, -0.1) is 0 Å². The van der Waals surface area contributed by atoms with Crippen LogP contribution in [0.4, 0.5) is 8.78 Å². The minimum Gasteiger partial charge on any atom is -0.366 e. The van der Waals surface area contributed by atoms with Gasteiger partial charge in [0.25, 0.3) is 0 Å². The molecule has 5 rings (SSSR count). The summed E-state index contributed by atoms with van der Waals surface area (Å²) in [5, 5.41) is 2.39. The number of hydroxylamine groups is 2. The molecule has 3 aromatic rings. The van der Waals surface area contributed by atoms with Gasteiger partial charge in [-0.1, -0.05) is 6.07 Å². The molecule has 1 aliphatic heterocycles. The number of benzene rings is 2. The van der Waals surface area contributed by atoms with Crippen molar-refractivity contribution in [3.05, 3.63) is 71.4 Å². The SMILES string of the molecule is NC(=O)c1ccc2ccn(C[C@H]3CC[C@H](C(=O)N4OCC[C@H]4c4cc(F)cc(F)c4)CC3)c2c1. The lowest BCUT2D eigenvalue weighted by atomic mass is 9.81. The molecular weight excluding hydrogens is 440 g/mol. The molecule has 34 heavy (non-hydrogen) atoms. The quantitative estimate of drug-likeness (QED) is 0.589. The van der Waals surface area contributed by atoms with Crippen LogP contribution in [0.15, 0.2) is 48.7 Å². The molecule has 1 aromatic heterocycles. The molecule has 1 saturated heterocycles. The third-order valence-electron chi connectivity index (χ3n) is 7.10. The van der Waals surface area contributed by atoms with Crippen molar-refractivity contribution in [1.82, 2.24) is 9.63 Å². The van der Waals surface area contributed by atoms with Gasteiger partial charge in [0, 0.05) is 42.2 Å². The average Bonchev–Trinajstić information content (AvgIpc) is 3.46. The monoisotopic (exact) mass is 467 g/mol. The summed E-state index contributed by atoms with van der Waals surface area (Å²) in [5.74, 6) is -1.63. The van der Waals surface area contributed by atoms with E-state index in [1.54, 1.807) is 6.07 Å². The van der Waals surface area contributed by atoms with Gasteiger partial charge in [-0.25, -0.2) is 13.8 Å². The first-order valence-electron chi connectivity index (χ1n) is 11.7. The zero-order valence-corrected chi connectivity index (χ0v) is 18.8. The van der Waals surface area contributed by atoms with Crippen LogP contribution < -0.4 is 5.73 Å². The number of hydrogen-bond donors (Lipinski definition) is 1. The van der Waals surface area contributed by atoms with E-state index in [4.69, 9.17) is 10.6 Å². The van der Waals surface area contributed by atoms with Crippen molar-refractivity contribution in [2.75, 3.05) is 6.61 Å². The summed E-state index contributed by atoms with van der Waals surface area (Å²) in [6, 6.07) is 10.4. The predicted molar refractivity (Wildman–Crippen MR) is 122 cm³/mol. The molecule has 178 valence electrons. The highest BCUT2D eigenvalue weighted by molar-refractivity contribution is 5.97. The van der Waals surface area contributed by atoms with Gasteiger partial charge in [0.1, 0.15) is 11.6 Å². The number of halogens is 2. The van der Waals surface area contributed by atoms with Crippen molar-refractivity contribution in [1.29, 1.82) is 0 Å². The maximum Gasteiger partial charge on any atom is 0.249 e. The number of amides is 2. The van der Waals surface area contributed by atoms with Gasteiger partial charge in [0.15, 0.2) is 0 Å². The molecule has 2 aliphatic rings. The van der Waals surface area contributed by atoms with Crippen molar-refractivity contribution >= 4 is 22.7 Å². The Kier molecular flexibility index (Phi) is 6.08. The van der Waals surface area contributed by atoms with E-state index in [1.165, 1.54) is 17.2 Å². The molecule has 8 heteroatoms. The number of carbonyl (C=O) groups is 2. The van der Waals surface area contributed by atoms with E-state index in [0.29, 0.717) is 30.1 Å². The molecular formula is C26H27F2N3O3. The van der Waals surface area contributed by atoms with Gasteiger partial charge in [0.2, 0.25) is 11.8 Å². The van der Waals surface area contributed by atoms with Crippen LogP contribution in [0.1, 0.15) is 54.1 Å². The van der Waals surface area contributed by atoms with Crippen LogP contribution in [0.2, 0.25) is 0 Å². The summed E-state index contributed by atoms with van der Waals surface area (Å²) in [4.78, 5) is 30.4. The minimum absolute atomic E-state index is 0.108. The highest BCUT2D eigenvalue weighted by Crippen LogP contribution is 2.37. The number of fused-ring (bicyclic) bond motifs is 1. The van der Waals surface area contributed by atoms with E-state index in [9.17, 15) is 18.4 Å². The van der Waals surface area contributed by atoms with Crippen LogP contribution in [0, 0.1) is 23.5 Å². The van der Waals surface area contributed by atoms with Gasteiger partial charge in [-0.2, -0.15) is 0 Å². The number of primary amides is 1. The lowest BCUT2D eigenvalue weighted by Crippen LogP contribution is -2.37. The number of nitrogens with two attached hydrogens (primary N) is 1. The van der Waals surface area contributed by atoms with Crippen LogP contribution in [0.25, 0.3) is 10.9 Å². The van der Waals surface area contributed by atoms with Crippen LogP contribution in [0.3, 0.4) is 0 Å². The molecule has 6 nitrogen and oxygen atoms in total. The average molecular weight is 468 g/mol. The van der Waals surface area contributed by atoms with Gasteiger partial charge in [-0.05, 0) is 72.9 Å². The van der Waals surface area contributed by atoms with E-state index in [2.05, 4.69) is 4.57 Å². The number of carbonyl (C=O) groups excluding carboxylic acids is 2. The van der Waals surface area contributed by atoms with Crippen LogP contribution in [-0.4, -0.2) is 28.1 Å². The Labute approximate surface area is 196 Å². The van der Waals surface area contributed by atoms with E-state index in [0.717, 1.165) is 49.2 Å². The highest BCUT2D eigenvalue weighted by Gasteiger charge is 2.37. The Hall–Kier alpha value is -3.26. The Balaban J connectivity index is 1.23. The first-order chi connectivity index (χ1) is 16.4. The number of hydrogen-bond acceptors (Lipinski definition) is 3. The second-order valence-corrected chi connectivity index (χ2v) is 9.33. The lowest BCUT2D eigenvalue weighted by Gasteiger charge is -2.32. The smallest absolute Gasteiger partial charge is 0.249 e. The standard InChI is InChI=1S/C26H27F2N3O3/c27-21-11-20(12-22(28)14-21)23-8-10-34-31(23)26(33)18-3-1-16(2-4-18)15-30-9-7-17-5-6-19(25(29)32)13-24(17)30/h5-7,9,11-14,16,18,23H,1-4,8,10,15H2,(H2,29,32)/t16-,18-,23-/m0/s1. The van der Waals surface area contributed by atoms with Gasteiger partial charge >= 0.3 is 0 Å². The number of nitrogens with zero attached hydrogens (tertiary/aromatic N) is 2. The molecule has 0 bridgehead atoms. The first-order valence-corrected chi connectivity index (χ1v) is 11.7. The number of rotatable bonds is 5. The summed E-state index contributed by atoms with van der Waals surface area (Å²) in [5.41, 5.74) is 7.32. The van der Waals surface area contributed by atoms with E-state index in [1.807, 2.05) is 24.4 Å². The molecule has 2 heterocycles. The third-order valence-corrected chi connectivity index (χ3v) is 7.10. The van der Waals surface area contributed by atoms with Crippen LogP contribution in [0.5, 0.6) is 0 Å². The second kappa shape index (κ2) is 9.18. The Morgan fingerprint density at radius 1 is 0.971 bits per heavy atom. The predicted octanol–water partition coefficient (Wildman–Crippen LogP) is 4.73. The van der Waals surface area contributed by atoms with E-state index < -0.39 is 23.6 Å². The summed E-state index contributed by atoms with van der Waals surface area (Å²) in [6.07, 6.45) is 5.78. The van der Waals surface area contributed by atoms with E-state index >= 15 is 0 Å². The second-order valence-electron chi connectivity index (χ2n) is 9.33. The zero-order valence-electron chi connectivity index (χ0n) is 18.8. The summed E-state index contributed by atoms with van der Waals surface area (Å²) in [7, 11) is 0. The maximum atomic E-state index is 13.7. The molecule has 0 radical (unpaired) electrons. The minimum atomic E-state index is -0.657. The number of aromatic nitrogens is 1. The van der Waals surface area contributed by atoms with Crippen molar-refractivity contribution in [2.45, 2.75) is 44.7 Å². The maximum absolute atomic E-state index is 13.7. The Morgan fingerprint density at radius 3 is 2.41 bits per heavy atom. The summed E-state index contributed by atoms with van der Waals surface area (Å²) >= 11 is 0. The van der Waals surface area contributed by atoms with Crippen LogP contribution >= 0.6 is 0 Å². The van der Waals surface area contributed by atoms with Gasteiger partial charge in [-0.3, -0.25) is 14.4 Å². The lowest BCUT2D eigenvalue weighted by molar-refractivity contribution is -0.183. The van der Waals surface area contributed by atoms with Crippen molar-refractivity contribution in [2.24, 2.45) is 17.6 Å². The van der Waals surface area contributed by atoms with Gasteiger partial charge in [0.05, 0.1) is 12.6 Å². The fourth-order valence-electron chi connectivity index (χ4n) is 5.30. The summed E-state index contributed by atoms with van der Waals surface area (Å²) < 4.78 is 29.6. The molecule has 2 fully saturated rings. The topological polar surface area (TPSA) is 77.6 Å². The fourth-order valence-corrected chi connectivity index (χ4v) is 5.30. The van der Waals surface area contributed by atoms with Crippen LogP contribution in [-0.2, 0) is 16.2 Å². The molecule has 1 atom stereocenters. The molecule has 1 aliphatic carbocycles. The van der Waals surface area contributed by atoms with Gasteiger partial charge < -0.3 is 10.3 Å². The molecule has 0 unspecified atom stereocenters. The Bertz CT molecular complexity index is 1210. The first kappa shape index (κ1) is 22.5. The largest absolute Gasteiger partial charge is 0.366 e. The molecule has 2 aromatic carbocycles. The molecule has 2 N–H and O–H groups in total. The van der Waals surface area contributed by atoms with Crippen molar-refractivity contribution < 1.29 is 23.2 Å². The normalized spacial score (nSPS) is 22.9. The van der Waals surface area contributed by atoms with Crippen molar-refractivity contribution in [3.63, 3.8) is 0 Å². The third kappa shape index (κ3) is 4.42. The highest BCUT2D eigenvalue weighted by atomic mass is 19.1. The molecule has 2 amide bonds. The molecule has 1 saturated carbocycles. The zero-order chi connectivity index (χ0) is 23.8. The summed E-state index contributed by atoms with van der Waals surface area (Å²) in [6.45, 7) is 1.15. The Morgan fingerprint density at radius 2 is 1.71 bits per heavy atom. The van der Waals surface area contributed by atoms with Crippen molar-refractivity contribution in [3.8, 4) is 0 Å². The molecule has 0 spiro atoms.